The number of hydroxylamine groups is 1. The first-order valence-electron chi connectivity index (χ1n) is 10.6. The number of carbonyl (C=O) groups excluding carboxylic acids is 3. The van der Waals surface area contributed by atoms with E-state index in [9.17, 15) is 14.4 Å². The molecule has 2 aromatic rings. The standard InChI is InChI=1S/C23H28N4O6/c1-14(28)25-17-5-6-21-19(11-17)26-23(30)20(12-22(29)27-31)24-7-3-4-15-8-16(13-33-21)10-18(9-15)32-2/h5-6,8-11,20,24,31H,3-4,7,12-13H2,1-2H3,(H,25,28)(H,26,30)(H,27,29). The molecule has 1 aliphatic heterocycles. The summed E-state index contributed by atoms with van der Waals surface area (Å²) in [4.78, 5) is 36.2. The predicted molar refractivity (Wildman–Crippen MR) is 121 cm³/mol. The molecule has 1 heterocycles. The Bertz CT molecular complexity index is 1030. The van der Waals surface area contributed by atoms with E-state index < -0.39 is 17.9 Å². The summed E-state index contributed by atoms with van der Waals surface area (Å²) in [6.45, 7) is 2.09. The fourth-order valence-corrected chi connectivity index (χ4v) is 3.55. The lowest BCUT2D eigenvalue weighted by atomic mass is 10.1. The average Bonchev–Trinajstić information content (AvgIpc) is 2.79. The second-order valence-corrected chi connectivity index (χ2v) is 7.71. The molecular formula is C23H28N4O6. The van der Waals surface area contributed by atoms with E-state index in [-0.39, 0.29) is 18.9 Å². The van der Waals surface area contributed by atoms with Gasteiger partial charge in [-0.15, -0.1) is 0 Å². The fourth-order valence-electron chi connectivity index (χ4n) is 3.55. The maximum Gasteiger partial charge on any atom is 0.245 e. The van der Waals surface area contributed by atoms with Gasteiger partial charge in [-0.1, -0.05) is 6.07 Å². The van der Waals surface area contributed by atoms with Crippen LogP contribution in [-0.2, 0) is 27.4 Å². The number of amides is 3. The largest absolute Gasteiger partial charge is 0.497 e. The Kier molecular flexibility index (Phi) is 8.22. The lowest BCUT2D eigenvalue weighted by Crippen LogP contribution is -2.44. The molecule has 2 bridgehead atoms. The molecule has 1 aliphatic rings. The lowest BCUT2D eigenvalue weighted by Gasteiger charge is -2.21. The second-order valence-electron chi connectivity index (χ2n) is 7.71. The Morgan fingerprint density at radius 1 is 1.21 bits per heavy atom. The minimum absolute atomic E-state index is 0.237. The van der Waals surface area contributed by atoms with Crippen LogP contribution in [0.4, 0.5) is 11.4 Å². The van der Waals surface area contributed by atoms with E-state index >= 15 is 0 Å². The summed E-state index contributed by atoms with van der Waals surface area (Å²) >= 11 is 0. The van der Waals surface area contributed by atoms with Gasteiger partial charge in [-0.25, -0.2) is 5.48 Å². The van der Waals surface area contributed by atoms with Crippen molar-refractivity contribution in [1.29, 1.82) is 0 Å². The van der Waals surface area contributed by atoms with Gasteiger partial charge < -0.3 is 25.4 Å². The summed E-state index contributed by atoms with van der Waals surface area (Å²) in [6, 6.07) is 9.89. The summed E-state index contributed by atoms with van der Waals surface area (Å²) in [5.41, 5.74) is 4.34. The molecule has 0 radical (unpaired) electrons. The molecule has 0 saturated heterocycles. The Morgan fingerprint density at radius 3 is 2.73 bits per heavy atom. The molecule has 10 heteroatoms. The van der Waals surface area contributed by atoms with Crippen LogP contribution in [0.2, 0.25) is 0 Å². The van der Waals surface area contributed by atoms with Gasteiger partial charge in [0.05, 0.1) is 25.3 Å². The van der Waals surface area contributed by atoms with Crippen LogP contribution in [0.15, 0.2) is 36.4 Å². The van der Waals surface area contributed by atoms with Crippen molar-refractivity contribution < 1.29 is 29.1 Å². The van der Waals surface area contributed by atoms with Gasteiger partial charge in [0, 0.05) is 12.6 Å². The third kappa shape index (κ3) is 6.93. The highest BCUT2D eigenvalue weighted by molar-refractivity contribution is 5.99. The average molecular weight is 456 g/mol. The molecule has 0 fully saturated rings. The molecule has 3 rings (SSSR count). The van der Waals surface area contributed by atoms with Crippen molar-refractivity contribution >= 4 is 29.1 Å². The minimum Gasteiger partial charge on any atom is -0.497 e. The van der Waals surface area contributed by atoms with Crippen LogP contribution in [0.25, 0.3) is 0 Å². The second kappa shape index (κ2) is 11.3. The Balaban J connectivity index is 1.96. The van der Waals surface area contributed by atoms with Gasteiger partial charge >= 0.3 is 0 Å². The summed E-state index contributed by atoms with van der Waals surface area (Å²) in [5, 5.41) is 17.4. The van der Waals surface area contributed by atoms with E-state index in [1.807, 2.05) is 18.2 Å². The molecular weight excluding hydrogens is 428 g/mol. The monoisotopic (exact) mass is 456 g/mol. The molecule has 2 aromatic carbocycles. The number of methoxy groups -OCH3 is 1. The molecule has 3 amide bonds. The number of hydrogen-bond acceptors (Lipinski definition) is 7. The van der Waals surface area contributed by atoms with Gasteiger partial charge in [-0.2, -0.15) is 0 Å². The fraction of sp³-hybridized carbons (Fsp3) is 0.348. The number of rotatable bonds is 4. The van der Waals surface area contributed by atoms with Gasteiger partial charge in [0.2, 0.25) is 17.7 Å². The molecule has 0 spiro atoms. The lowest BCUT2D eigenvalue weighted by molar-refractivity contribution is -0.132. The number of fused-ring (bicyclic) bond motifs is 3. The third-order valence-corrected chi connectivity index (χ3v) is 5.08. The number of benzene rings is 2. The molecule has 0 aromatic heterocycles. The Labute approximate surface area is 191 Å². The van der Waals surface area contributed by atoms with Crippen molar-refractivity contribution in [2.45, 2.75) is 38.8 Å². The highest BCUT2D eigenvalue weighted by Gasteiger charge is 2.23. The van der Waals surface area contributed by atoms with E-state index in [2.05, 4.69) is 16.0 Å². The molecule has 0 saturated carbocycles. The molecule has 10 nitrogen and oxygen atoms in total. The highest BCUT2D eigenvalue weighted by atomic mass is 16.5. The van der Waals surface area contributed by atoms with Crippen molar-refractivity contribution in [3.8, 4) is 11.5 Å². The SMILES string of the molecule is COc1cc2cc(c1)COc1ccc(NC(C)=O)cc1NC(=O)C(CC(=O)NO)NCCC2. The molecule has 5 N–H and O–H groups in total. The number of hydrogen-bond donors (Lipinski definition) is 5. The minimum atomic E-state index is -0.891. The Hall–Kier alpha value is -3.63. The number of anilines is 2. The van der Waals surface area contributed by atoms with Crippen molar-refractivity contribution in [2.24, 2.45) is 0 Å². The van der Waals surface area contributed by atoms with E-state index in [4.69, 9.17) is 14.7 Å². The quantitative estimate of drug-likeness (QED) is 0.350. The number of aryl methyl sites for hydroxylation is 1. The van der Waals surface area contributed by atoms with Gasteiger partial charge in [0.25, 0.3) is 0 Å². The van der Waals surface area contributed by atoms with Crippen LogP contribution in [-0.4, -0.2) is 42.6 Å². The van der Waals surface area contributed by atoms with Gasteiger partial charge in [0.15, 0.2) is 0 Å². The zero-order chi connectivity index (χ0) is 23.8. The van der Waals surface area contributed by atoms with Crippen molar-refractivity contribution in [3.05, 3.63) is 47.5 Å². The van der Waals surface area contributed by atoms with Crippen molar-refractivity contribution in [1.82, 2.24) is 10.8 Å². The van der Waals surface area contributed by atoms with Gasteiger partial charge in [-0.05, 0) is 60.8 Å². The van der Waals surface area contributed by atoms with Gasteiger partial charge in [-0.3, -0.25) is 19.6 Å². The summed E-state index contributed by atoms with van der Waals surface area (Å²) in [5.74, 6) is -0.307. The summed E-state index contributed by atoms with van der Waals surface area (Å²) in [6.07, 6.45) is 1.18. The van der Waals surface area contributed by atoms with E-state index in [1.54, 1.807) is 30.8 Å². The zero-order valence-electron chi connectivity index (χ0n) is 18.6. The number of ether oxygens (including phenoxy) is 2. The predicted octanol–water partition coefficient (Wildman–Crippen LogP) is 1.97. The molecule has 176 valence electrons. The highest BCUT2D eigenvalue weighted by Crippen LogP contribution is 2.30. The summed E-state index contributed by atoms with van der Waals surface area (Å²) in [7, 11) is 1.61. The first-order valence-corrected chi connectivity index (χ1v) is 10.6. The van der Waals surface area contributed by atoms with E-state index in [0.717, 1.165) is 23.3 Å². The topological polar surface area (TPSA) is 138 Å². The van der Waals surface area contributed by atoms with E-state index in [1.165, 1.54) is 6.92 Å². The van der Waals surface area contributed by atoms with Crippen molar-refractivity contribution in [2.75, 3.05) is 24.3 Å². The van der Waals surface area contributed by atoms with Crippen LogP contribution in [0.1, 0.15) is 30.9 Å². The molecule has 1 unspecified atom stereocenters. The normalized spacial score (nSPS) is 16.3. The number of nitrogens with one attached hydrogen (secondary N) is 4. The smallest absolute Gasteiger partial charge is 0.245 e. The first kappa shape index (κ1) is 24.0. The number of carbonyl (C=O) groups is 3. The van der Waals surface area contributed by atoms with Crippen LogP contribution in [0, 0.1) is 0 Å². The Morgan fingerprint density at radius 2 is 2.00 bits per heavy atom. The first-order chi connectivity index (χ1) is 15.9. The van der Waals surface area contributed by atoms with Crippen molar-refractivity contribution in [3.63, 3.8) is 0 Å². The van der Waals surface area contributed by atoms with Crippen LogP contribution < -0.4 is 30.9 Å². The van der Waals surface area contributed by atoms with Crippen LogP contribution >= 0.6 is 0 Å². The van der Waals surface area contributed by atoms with Gasteiger partial charge in [0.1, 0.15) is 18.1 Å². The maximum atomic E-state index is 13.0. The van der Waals surface area contributed by atoms with Crippen LogP contribution in [0.3, 0.4) is 0 Å². The zero-order valence-corrected chi connectivity index (χ0v) is 18.6. The maximum absolute atomic E-state index is 13.0. The van der Waals surface area contributed by atoms with Crippen LogP contribution in [0.5, 0.6) is 11.5 Å². The summed E-state index contributed by atoms with van der Waals surface area (Å²) < 4.78 is 11.4. The third-order valence-electron chi connectivity index (χ3n) is 5.08. The molecule has 1 atom stereocenters. The van der Waals surface area contributed by atoms with E-state index in [0.29, 0.717) is 30.1 Å². The molecule has 33 heavy (non-hydrogen) atoms. The molecule has 0 aliphatic carbocycles.